The fraction of sp³-hybridized carbons (Fsp3) is 0.538. The van der Waals surface area contributed by atoms with Crippen LogP contribution in [0.3, 0.4) is 0 Å². The molecule has 2 rings (SSSR count). The Kier molecular flexibility index (Phi) is 4.24. The van der Waals surface area contributed by atoms with Gasteiger partial charge >= 0.3 is 0 Å². The van der Waals surface area contributed by atoms with Crippen molar-refractivity contribution in [2.75, 3.05) is 5.75 Å². The highest BCUT2D eigenvalue weighted by Crippen LogP contribution is 2.34. The van der Waals surface area contributed by atoms with Gasteiger partial charge in [-0.1, -0.05) is 25.0 Å². The maximum Gasteiger partial charge on any atom is 0.136 e. The first-order valence-corrected chi connectivity index (χ1v) is 6.79. The molecule has 1 aromatic rings. The van der Waals surface area contributed by atoms with E-state index in [0.717, 1.165) is 18.8 Å². The highest BCUT2D eigenvalue weighted by molar-refractivity contribution is 7.99. The van der Waals surface area contributed by atoms with E-state index in [1.54, 1.807) is 12.1 Å². The molecule has 1 aliphatic rings. The molecule has 1 aliphatic carbocycles. The monoisotopic (exact) mass is 240 g/mol. The summed E-state index contributed by atoms with van der Waals surface area (Å²) in [5, 5.41) is 9.73. The predicted molar refractivity (Wildman–Crippen MR) is 65.1 cm³/mol. The Morgan fingerprint density at radius 3 is 2.81 bits per heavy atom. The van der Waals surface area contributed by atoms with Crippen LogP contribution in [0.15, 0.2) is 29.2 Å². The molecule has 1 nitrogen and oxygen atoms in total. The molecule has 1 fully saturated rings. The van der Waals surface area contributed by atoms with Crippen molar-refractivity contribution in [3.63, 3.8) is 0 Å². The molecule has 0 saturated heterocycles. The average molecular weight is 240 g/mol. The number of hydrogen-bond donors (Lipinski definition) is 1. The minimum atomic E-state index is -0.301. The van der Waals surface area contributed by atoms with E-state index in [-0.39, 0.29) is 11.9 Å². The zero-order valence-electron chi connectivity index (χ0n) is 9.23. The number of rotatable bonds is 6. The van der Waals surface area contributed by atoms with E-state index in [4.69, 9.17) is 0 Å². The molecule has 1 N–H and O–H groups in total. The summed E-state index contributed by atoms with van der Waals surface area (Å²) < 4.78 is 13.3. The highest BCUT2D eigenvalue weighted by atomic mass is 32.2. The minimum Gasteiger partial charge on any atom is -0.392 e. The standard InChI is InChI=1S/C13H17FOS/c14-12-3-1-2-4-13(12)16-9-11(15)8-7-10-5-6-10/h1-4,10-11,15H,5-9H2. The number of aliphatic hydroxyl groups excluding tert-OH is 1. The fourth-order valence-electron chi connectivity index (χ4n) is 1.67. The second-order valence-electron chi connectivity index (χ2n) is 4.42. The van der Waals surface area contributed by atoms with Crippen LogP contribution in [0.2, 0.25) is 0 Å². The minimum absolute atomic E-state index is 0.193. The van der Waals surface area contributed by atoms with E-state index in [0.29, 0.717) is 10.6 Å². The van der Waals surface area contributed by atoms with Crippen molar-refractivity contribution < 1.29 is 9.50 Å². The lowest BCUT2D eigenvalue weighted by atomic mass is 10.1. The maximum absolute atomic E-state index is 13.3. The summed E-state index contributed by atoms with van der Waals surface area (Å²) in [7, 11) is 0. The van der Waals surface area contributed by atoms with Crippen molar-refractivity contribution in [2.45, 2.75) is 36.7 Å². The molecule has 0 aliphatic heterocycles. The number of benzene rings is 1. The first kappa shape index (κ1) is 11.9. The molecule has 0 spiro atoms. The van der Waals surface area contributed by atoms with Gasteiger partial charge in [-0.3, -0.25) is 0 Å². The average Bonchev–Trinajstić information content (AvgIpc) is 3.09. The second kappa shape index (κ2) is 5.69. The molecule has 1 unspecified atom stereocenters. The van der Waals surface area contributed by atoms with Crippen LogP contribution in [0.25, 0.3) is 0 Å². The van der Waals surface area contributed by atoms with Gasteiger partial charge in [-0.2, -0.15) is 0 Å². The maximum atomic E-state index is 13.3. The molecule has 0 bridgehead atoms. The summed E-state index contributed by atoms with van der Waals surface area (Å²) in [5.41, 5.74) is 0. The van der Waals surface area contributed by atoms with Gasteiger partial charge < -0.3 is 5.11 Å². The predicted octanol–water partition coefficient (Wildman–Crippen LogP) is 3.47. The van der Waals surface area contributed by atoms with E-state index in [2.05, 4.69) is 0 Å². The SMILES string of the molecule is OC(CCC1CC1)CSc1ccccc1F. The first-order chi connectivity index (χ1) is 7.75. The van der Waals surface area contributed by atoms with Crippen LogP contribution in [-0.4, -0.2) is 17.0 Å². The number of aliphatic hydroxyl groups is 1. The van der Waals surface area contributed by atoms with E-state index in [9.17, 15) is 9.50 Å². The molecule has 1 saturated carbocycles. The van der Waals surface area contributed by atoms with Crippen molar-refractivity contribution in [2.24, 2.45) is 5.92 Å². The molecule has 0 heterocycles. The summed E-state index contributed by atoms with van der Waals surface area (Å²) in [6.45, 7) is 0. The smallest absolute Gasteiger partial charge is 0.136 e. The molecule has 1 aromatic carbocycles. The third-order valence-electron chi connectivity index (χ3n) is 2.87. The molecule has 88 valence electrons. The van der Waals surface area contributed by atoms with E-state index in [1.807, 2.05) is 6.07 Å². The number of halogens is 1. The Labute approximate surface area is 100 Å². The third kappa shape index (κ3) is 3.80. The summed E-state index contributed by atoms with van der Waals surface area (Å²) in [6.07, 6.45) is 4.33. The van der Waals surface area contributed by atoms with Crippen LogP contribution in [0.5, 0.6) is 0 Å². The number of hydrogen-bond acceptors (Lipinski definition) is 2. The Morgan fingerprint density at radius 1 is 1.38 bits per heavy atom. The van der Waals surface area contributed by atoms with E-state index >= 15 is 0 Å². The quantitative estimate of drug-likeness (QED) is 0.768. The Morgan fingerprint density at radius 2 is 2.12 bits per heavy atom. The van der Waals surface area contributed by atoms with Crippen LogP contribution in [0.1, 0.15) is 25.7 Å². The van der Waals surface area contributed by atoms with Gasteiger partial charge in [0.15, 0.2) is 0 Å². The van der Waals surface area contributed by atoms with Crippen LogP contribution < -0.4 is 0 Å². The van der Waals surface area contributed by atoms with Gasteiger partial charge in [0.05, 0.1) is 6.10 Å². The Hall–Kier alpha value is -0.540. The highest BCUT2D eigenvalue weighted by Gasteiger charge is 2.21. The Bertz CT molecular complexity index is 338. The molecular weight excluding hydrogens is 223 g/mol. The van der Waals surface area contributed by atoms with E-state index in [1.165, 1.54) is 30.7 Å². The zero-order chi connectivity index (χ0) is 11.4. The van der Waals surface area contributed by atoms with E-state index < -0.39 is 0 Å². The topological polar surface area (TPSA) is 20.2 Å². The van der Waals surface area contributed by atoms with Crippen molar-refractivity contribution in [3.05, 3.63) is 30.1 Å². The molecular formula is C13H17FOS. The number of thioether (sulfide) groups is 1. The lowest BCUT2D eigenvalue weighted by Crippen LogP contribution is -2.10. The van der Waals surface area contributed by atoms with Crippen LogP contribution in [-0.2, 0) is 0 Å². The van der Waals surface area contributed by atoms with Crippen LogP contribution >= 0.6 is 11.8 Å². The molecule has 0 amide bonds. The third-order valence-corrected chi connectivity index (χ3v) is 4.07. The molecule has 1 atom stereocenters. The largest absolute Gasteiger partial charge is 0.392 e. The van der Waals surface area contributed by atoms with Crippen LogP contribution in [0, 0.1) is 11.7 Å². The molecule has 3 heteroatoms. The van der Waals surface area contributed by atoms with Crippen molar-refractivity contribution in [1.82, 2.24) is 0 Å². The lowest BCUT2D eigenvalue weighted by Gasteiger charge is -2.09. The fourth-order valence-corrected chi connectivity index (χ4v) is 2.59. The summed E-state index contributed by atoms with van der Waals surface area (Å²) in [5.74, 6) is 1.25. The van der Waals surface area contributed by atoms with Gasteiger partial charge in [-0.15, -0.1) is 11.8 Å². The van der Waals surface area contributed by atoms with Gasteiger partial charge in [-0.05, 0) is 30.9 Å². The summed E-state index contributed by atoms with van der Waals surface area (Å²) >= 11 is 1.40. The van der Waals surface area contributed by atoms with Crippen LogP contribution in [0.4, 0.5) is 4.39 Å². The van der Waals surface area contributed by atoms with Gasteiger partial charge in [0.25, 0.3) is 0 Å². The van der Waals surface area contributed by atoms with Gasteiger partial charge in [0.2, 0.25) is 0 Å². The first-order valence-electron chi connectivity index (χ1n) is 5.81. The zero-order valence-corrected chi connectivity index (χ0v) is 10.0. The summed E-state index contributed by atoms with van der Waals surface area (Å²) in [4.78, 5) is 0.632. The lowest BCUT2D eigenvalue weighted by molar-refractivity contribution is 0.184. The molecule has 16 heavy (non-hydrogen) atoms. The molecule has 0 aromatic heterocycles. The summed E-state index contributed by atoms with van der Waals surface area (Å²) in [6, 6.07) is 6.72. The van der Waals surface area contributed by atoms with Gasteiger partial charge in [-0.25, -0.2) is 4.39 Å². The Balaban J connectivity index is 1.71. The van der Waals surface area contributed by atoms with Gasteiger partial charge in [0, 0.05) is 10.6 Å². The van der Waals surface area contributed by atoms with Crippen molar-refractivity contribution >= 4 is 11.8 Å². The molecule has 0 radical (unpaired) electrons. The van der Waals surface area contributed by atoms with Crippen molar-refractivity contribution in [3.8, 4) is 0 Å². The second-order valence-corrected chi connectivity index (χ2v) is 5.48. The van der Waals surface area contributed by atoms with Crippen molar-refractivity contribution in [1.29, 1.82) is 0 Å². The normalized spacial score (nSPS) is 17.4. The van der Waals surface area contributed by atoms with Gasteiger partial charge in [0.1, 0.15) is 5.82 Å².